The summed E-state index contributed by atoms with van der Waals surface area (Å²) in [5, 5.41) is -0.0455. The number of benzene rings is 1. The number of alkyl halides is 2. The van der Waals surface area contributed by atoms with Crippen molar-refractivity contribution >= 4 is 17.6 Å². The smallest absolute Gasteiger partial charge is 0.316 e. The lowest BCUT2D eigenvalue weighted by atomic mass is 9.62. The van der Waals surface area contributed by atoms with Gasteiger partial charge in [-0.05, 0) is 12.1 Å². The van der Waals surface area contributed by atoms with Gasteiger partial charge in [-0.15, -0.1) is 0 Å². The molecule has 1 aliphatic carbocycles. The quantitative estimate of drug-likeness (QED) is 0.776. The molecule has 0 heterocycles. The molecular weight excluding hydrogens is 269 g/mol. The number of methoxy groups -OCH3 is 1. The predicted octanol–water partition coefficient (Wildman–Crippen LogP) is 3.32. The number of carbonyl (C=O) groups is 1. The summed E-state index contributed by atoms with van der Waals surface area (Å²) in [5.74, 6) is -4.66. The van der Waals surface area contributed by atoms with Crippen molar-refractivity contribution in [1.29, 1.82) is 0 Å². The van der Waals surface area contributed by atoms with Gasteiger partial charge in [-0.2, -0.15) is 0 Å². The van der Waals surface area contributed by atoms with Gasteiger partial charge in [0.2, 0.25) is 0 Å². The van der Waals surface area contributed by atoms with Crippen LogP contribution in [0.4, 0.5) is 13.2 Å². The number of carbonyl (C=O) groups excluding carboxylic acids is 1. The Hall–Kier alpha value is -1.23. The molecule has 0 unspecified atom stereocenters. The van der Waals surface area contributed by atoms with E-state index in [1.165, 1.54) is 12.1 Å². The number of rotatable bonds is 2. The minimum absolute atomic E-state index is 0.0455. The van der Waals surface area contributed by atoms with Crippen LogP contribution in [0, 0.1) is 5.82 Å². The van der Waals surface area contributed by atoms with Crippen LogP contribution in [0.3, 0.4) is 0 Å². The Balaban J connectivity index is 2.53. The van der Waals surface area contributed by atoms with Crippen molar-refractivity contribution in [3.05, 3.63) is 34.6 Å². The van der Waals surface area contributed by atoms with E-state index in [-0.39, 0.29) is 10.6 Å². The minimum Gasteiger partial charge on any atom is -0.468 e. The van der Waals surface area contributed by atoms with E-state index in [2.05, 4.69) is 4.74 Å². The Labute approximate surface area is 107 Å². The van der Waals surface area contributed by atoms with E-state index in [1.54, 1.807) is 0 Å². The van der Waals surface area contributed by atoms with Crippen molar-refractivity contribution in [3.63, 3.8) is 0 Å². The average Bonchev–Trinajstić information content (AvgIpc) is 2.24. The molecular formula is C12H10ClF3O2. The third-order valence-corrected chi connectivity index (χ3v) is 3.45. The standard InChI is InChI=1S/C12H10ClF3O2/c1-18-10(17)11(5-12(15,16)6-11)9-7(13)3-2-4-8(9)14/h2-4H,5-6H2,1H3. The molecule has 1 aromatic carbocycles. The highest BCUT2D eigenvalue weighted by Gasteiger charge is 2.64. The van der Waals surface area contributed by atoms with Crippen LogP contribution in [0.15, 0.2) is 18.2 Å². The Bertz CT molecular complexity index is 474. The van der Waals surface area contributed by atoms with Crippen LogP contribution < -0.4 is 0 Å². The average molecular weight is 279 g/mol. The maximum atomic E-state index is 13.8. The van der Waals surface area contributed by atoms with E-state index in [0.29, 0.717) is 0 Å². The summed E-state index contributed by atoms with van der Waals surface area (Å²) in [6, 6.07) is 3.80. The van der Waals surface area contributed by atoms with E-state index in [4.69, 9.17) is 11.6 Å². The topological polar surface area (TPSA) is 26.3 Å². The summed E-state index contributed by atoms with van der Waals surface area (Å²) in [6.45, 7) is 0. The Kier molecular flexibility index (Phi) is 3.05. The molecule has 2 nitrogen and oxygen atoms in total. The lowest BCUT2D eigenvalue weighted by Gasteiger charge is -2.45. The number of hydrogen-bond donors (Lipinski definition) is 0. The zero-order valence-electron chi connectivity index (χ0n) is 9.47. The largest absolute Gasteiger partial charge is 0.468 e. The van der Waals surface area contributed by atoms with Gasteiger partial charge in [-0.25, -0.2) is 13.2 Å². The predicted molar refractivity (Wildman–Crippen MR) is 59.3 cm³/mol. The second-order valence-electron chi connectivity index (χ2n) is 4.38. The maximum Gasteiger partial charge on any atom is 0.316 e. The summed E-state index contributed by atoms with van der Waals surface area (Å²) in [5.41, 5.74) is -1.88. The minimum atomic E-state index is -3.00. The summed E-state index contributed by atoms with van der Waals surface area (Å²) in [7, 11) is 1.08. The molecule has 18 heavy (non-hydrogen) atoms. The van der Waals surface area contributed by atoms with Gasteiger partial charge in [-0.1, -0.05) is 17.7 Å². The zero-order valence-corrected chi connectivity index (χ0v) is 10.2. The summed E-state index contributed by atoms with van der Waals surface area (Å²) >= 11 is 5.83. The maximum absolute atomic E-state index is 13.8. The summed E-state index contributed by atoms with van der Waals surface area (Å²) in [6.07, 6.45) is -1.57. The molecule has 0 aromatic heterocycles. The molecule has 1 fully saturated rings. The molecule has 0 amide bonds. The van der Waals surface area contributed by atoms with Crippen molar-refractivity contribution in [2.45, 2.75) is 24.2 Å². The van der Waals surface area contributed by atoms with E-state index >= 15 is 0 Å². The molecule has 0 N–H and O–H groups in total. The normalized spacial score (nSPS) is 20.1. The molecule has 98 valence electrons. The fourth-order valence-corrected chi connectivity index (χ4v) is 2.75. The number of esters is 1. The van der Waals surface area contributed by atoms with Crippen molar-refractivity contribution in [1.82, 2.24) is 0 Å². The third-order valence-electron chi connectivity index (χ3n) is 3.14. The van der Waals surface area contributed by atoms with Crippen molar-refractivity contribution in [2.75, 3.05) is 7.11 Å². The van der Waals surface area contributed by atoms with E-state index in [1.807, 2.05) is 0 Å². The number of halogens is 4. The molecule has 0 radical (unpaired) electrons. The van der Waals surface area contributed by atoms with E-state index in [0.717, 1.165) is 13.2 Å². The lowest BCUT2D eigenvalue weighted by Crippen LogP contribution is -2.55. The number of hydrogen-bond acceptors (Lipinski definition) is 2. The molecule has 0 spiro atoms. The second kappa shape index (κ2) is 4.16. The molecule has 0 atom stereocenters. The first-order chi connectivity index (χ1) is 8.32. The van der Waals surface area contributed by atoms with Crippen LogP contribution >= 0.6 is 11.6 Å². The van der Waals surface area contributed by atoms with Gasteiger partial charge in [0.05, 0.1) is 7.11 Å². The van der Waals surface area contributed by atoms with Gasteiger partial charge < -0.3 is 4.74 Å². The zero-order chi connectivity index (χ0) is 13.6. The molecule has 0 aliphatic heterocycles. The highest BCUT2D eigenvalue weighted by atomic mass is 35.5. The van der Waals surface area contributed by atoms with Crippen LogP contribution in [-0.2, 0) is 14.9 Å². The molecule has 1 saturated carbocycles. The van der Waals surface area contributed by atoms with Crippen LogP contribution in [0.25, 0.3) is 0 Å². The van der Waals surface area contributed by atoms with Crippen LogP contribution in [-0.4, -0.2) is 19.0 Å². The molecule has 1 aliphatic rings. The van der Waals surface area contributed by atoms with Crippen molar-refractivity contribution < 1.29 is 22.7 Å². The van der Waals surface area contributed by atoms with E-state index in [9.17, 15) is 18.0 Å². The van der Waals surface area contributed by atoms with Crippen LogP contribution in [0.5, 0.6) is 0 Å². The third kappa shape index (κ3) is 1.86. The second-order valence-corrected chi connectivity index (χ2v) is 4.79. The lowest BCUT2D eigenvalue weighted by molar-refractivity contribution is -0.177. The van der Waals surface area contributed by atoms with Crippen LogP contribution in [0.1, 0.15) is 18.4 Å². The SMILES string of the molecule is COC(=O)C1(c2c(F)cccc2Cl)CC(F)(F)C1. The summed E-state index contributed by atoms with van der Waals surface area (Å²) in [4.78, 5) is 11.7. The monoisotopic (exact) mass is 278 g/mol. The number of ether oxygens (including phenoxy) is 1. The Morgan fingerprint density at radius 3 is 2.44 bits per heavy atom. The first-order valence-electron chi connectivity index (χ1n) is 5.23. The van der Waals surface area contributed by atoms with Gasteiger partial charge in [-0.3, -0.25) is 4.79 Å². The Morgan fingerprint density at radius 2 is 2.00 bits per heavy atom. The fraction of sp³-hybridized carbons (Fsp3) is 0.417. The van der Waals surface area contributed by atoms with Crippen LogP contribution in [0.2, 0.25) is 5.02 Å². The molecule has 0 bridgehead atoms. The summed E-state index contributed by atoms with van der Waals surface area (Å²) < 4.78 is 44.5. The molecule has 0 saturated heterocycles. The highest BCUT2D eigenvalue weighted by molar-refractivity contribution is 6.31. The van der Waals surface area contributed by atoms with Crippen molar-refractivity contribution in [3.8, 4) is 0 Å². The highest BCUT2D eigenvalue weighted by Crippen LogP contribution is 2.55. The molecule has 2 rings (SSSR count). The van der Waals surface area contributed by atoms with Gasteiger partial charge in [0.25, 0.3) is 5.92 Å². The van der Waals surface area contributed by atoms with Gasteiger partial charge in [0, 0.05) is 23.4 Å². The van der Waals surface area contributed by atoms with Gasteiger partial charge in [0.15, 0.2) is 0 Å². The van der Waals surface area contributed by atoms with Gasteiger partial charge in [0.1, 0.15) is 11.2 Å². The van der Waals surface area contributed by atoms with E-state index < -0.39 is 36.0 Å². The first kappa shape index (κ1) is 13.2. The van der Waals surface area contributed by atoms with Gasteiger partial charge >= 0.3 is 5.97 Å². The first-order valence-corrected chi connectivity index (χ1v) is 5.61. The molecule has 1 aromatic rings. The fourth-order valence-electron chi connectivity index (χ4n) is 2.40. The molecule has 6 heteroatoms. The Morgan fingerprint density at radius 1 is 1.39 bits per heavy atom. The van der Waals surface area contributed by atoms with Crippen molar-refractivity contribution in [2.24, 2.45) is 0 Å².